The molecule has 0 saturated heterocycles. The first-order valence-corrected chi connectivity index (χ1v) is 3.94. The Hall–Kier alpha value is -0.620. The average molecular weight is 195 g/mol. The van der Waals surface area contributed by atoms with Gasteiger partial charge in [0.25, 0.3) is 0 Å². The summed E-state index contributed by atoms with van der Waals surface area (Å²) in [6, 6.07) is -1.43. The molecule has 3 nitrogen and oxygen atoms in total. The van der Waals surface area contributed by atoms with E-state index in [9.17, 15) is 13.2 Å². The first-order chi connectivity index (χ1) is 5.95. The highest BCUT2D eigenvalue weighted by Gasteiger charge is 2.43. The van der Waals surface area contributed by atoms with Crippen LogP contribution >= 0.6 is 0 Å². The van der Waals surface area contributed by atoms with Crippen molar-refractivity contribution < 1.29 is 13.2 Å². The summed E-state index contributed by atoms with van der Waals surface area (Å²) >= 11 is 0. The summed E-state index contributed by atoms with van der Waals surface area (Å²) < 4.78 is 37.1. The van der Waals surface area contributed by atoms with Crippen LogP contribution < -0.4 is 5.73 Å². The van der Waals surface area contributed by atoms with Crippen LogP contribution in [-0.4, -0.2) is 43.1 Å². The number of hydrogen-bond acceptors (Lipinski definition) is 3. The highest BCUT2D eigenvalue weighted by atomic mass is 19.4. The zero-order valence-electron chi connectivity index (χ0n) is 7.30. The smallest absolute Gasteiger partial charge is 0.326 e. The number of hydrogen-bond donors (Lipinski definition) is 1. The summed E-state index contributed by atoms with van der Waals surface area (Å²) in [5.41, 5.74) is 5.68. The Bertz CT molecular complexity index is 212. The van der Waals surface area contributed by atoms with Crippen LogP contribution in [0.2, 0.25) is 0 Å². The van der Waals surface area contributed by atoms with Crippen molar-refractivity contribution in [2.45, 2.75) is 18.6 Å². The molecule has 0 amide bonds. The fourth-order valence-electron chi connectivity index (χ4n) is 1.27. The second-order valence-corrected chi connectivity index (χ2v) is 3.09. The van der Waals surface area contributed by atoms with Crippen LogP contribution in [0.3, 0.4) is 0 Å². The average Bonchev–Trinajstić information content (AvgIpc) is 2.03. The van der Waals surface area contributed by atoms with E-state index in [1.807, 2.05) is 0 Å². The molecule has 6 heteroatoms. The number of nitrogens with two attached hydrogens (primary N) is 1. The van der Waals surface area contributed by atoms with Crippen LogP contribution in [0.5, 0.6) is 0 Å². The van der Waals surface area contributed by atoms with Crippen LogP contribution in [0.1, 0.15) is 6.42 Å². The van der Waals surface area contributed by atoms with Gasteiger partial charge < -0.3 is 5.73 Å². The first-order valence-electron chi connectivity index (χ1n) is 3.94. The monoisotopic (exact) mass is 195 g/mol. The summed E-state index contributed by atoms with van der Waals surface area (Å²) in [6.07, 6.45) is -4.29. The Morgan fingerprint density at radius 1 is 1.62 bits per heavy atom. The summed E-state index contributed by atoms with van der Waals surface area (Å²) in [7, 11) is 1.41. The van der Waals surface area contributed by atoms with E-state index in [2.05, 4.69) is 4.99 Å². The molecule has 0 aliphatic carbocycles. The lowest BCUT2D eigenvalue weighted by Gasteiger charge is -2.32. The topological polar surface area (TPSA) is 41.6 Å². The summed E-state index contributed by atoms with van der Waals surface area (Å²) in [6.45, 7) is 0.192. The fourth-order valence-corrected chi connectivity index (χ4v) is 1.27. The van der Waals surface area contributed by atoms with Crippen molar-refractivity contribution in [1.29, 1.82) is 0 Å². The van der Waals surface area contributed by atoms with Crippen LogP contribution in [0.25, 0.3) is 0 Å². The molecular weight excluding hydrogens is 183 g/mol. The molecular formula is C7H12F3N3. The molecule has 1 atom stereocenters. The molecule has 0 fully saturated rings. The van der Waals surface area contributed by atoms with Gasteiger partial charge in [0.15, 0.2) is 0 Å². The zero-order valence-corrected chi connectivity index (χ0v) is 7.30. The van der Waals surface area contributed by atoms with Crippen molar-refractivity contribution in [3.8, 4) is 0 Å². The van der Waals surface area contributed by atoms with Gasteiger partial charge in [-0.1, -0.05) is 0 Å². The molecule has 13 heavy (non-hydrogen) atoms. The van der Waals surface area contributed by atoms with Crippen LogP contribution in [-0.2, 0) is 0 Å². The van der Waals surface area contributed by atoms with Crippen LogP contribution in [0.15, 0.2) is 4.99 Å². The quantitative estimate of drug-likeness (QED) is 0.666. The zero-order chi connectivity index (χ0) is 10.1. The largest absolute Gasteiger partial charge is 0.404 e. The highest BCUT2D eigenvalue weighted by Crippen LogP contribution is 2.28. The molecule has 1 aliphatic rings. The van der Waals surface area contributed by atoms with Gasteiger partial charge in [0.2, 0.25) is 0 Å². The standard InChI is InChI=1S/C7H12F3N3/c1-13-4-12-5(3-11)2-6(13)7(8,9)10/h6H,2-4,11H2,1H3. The first kappa shape index (κ1) is 10.5. The van der Waals surface area contributed by atoms with Crippen molar-refractivity contribution in [3.05, 3.63) is 0 Å². The Balaban J connectivity index is 2.72. The number of aliphatic imine (C=N–C) groups is 1. The molecule has 1 rings (SSSR count). The molecule has 2 N–H and O–H groups in total. The Morgan fingerprint density at radius 3 is 2.69 bits per heavy atom. The second kappa shape index (κ2) is 3.63. The summed E-state index contributed by atoms with van der Waals surface area (Å²) in [5.74, 6) is 0. The molecule has 0 aromatic heterocycles. The van der Waals surface area contributed by atoms with Gasteiger partial charge in [-0.05, 0) is 7.05 Å². The molecule has 0 aromatic carbocycles. The van der Waals surface area contributed by atoms with Gasteiger partial charge >= 0.3 is 6.18 Å². The number of rotatable bonds is 1. The summed E-state index contributed by atoms with van der Waals surface area (Å²) in [4.78, 5) is 5.09. The van der Waals surface area contributed by atoms with Crippen molar-refractivity contribution in [2.75, 3.05) is 20.3 Å². The SMILES string of the molecule is CN1CN=C(CN)CC1C(F)(F)F. The third-order valence-corrected chi connectivity index (χ3v) is 2.09. The number of halogens is 3. The Labute approximate surface area is 74.4 Å². The van der Waals surface area contributed by atoms with Gasteiger partial charge in [-0.25, -0.2) is 0 Å². The Morgan fingerprint density at radius 2 is 2.23 bits per heavy atom. The predicted molar refractivity (Wildman–Crippen MR) is 43.6 cm³/mol. The minimum atomic E-state index is -4.19. The highest BCUT2D eigenvalue weighted by molar-refractivity contribution is 5.87. The molecule has 0 saturated carbocycles. The number of nitrogens with zero attached hydrogens (tertiary/aromatic N) is 2. The predicted octanol–water partition coefficient (Wildman–Crippen LogP) is 0.610. The van der Waals surface area contributed by atoms with Crippen molar-refractivity contribution in [2.24, 2.45) is 10.7 Å². The normalized spacial score (nSPS) is 25.9. The van der Waals surface area contributed by atoms with Gasteiger partial charge in [0, 0.05) is 18.7 Å². The van der Waals surface area contributed by atoms with E-state index in [4.69, 9.17) is 5.73 Å². The molecule has 0 bridgehead atoms. The maximum Gasteiger partial charge on any atom is 0.404 e. The van der Waals surface area contributed by atoms with Crippen LogP contribution in [0, 0.1) is 0 Å². The molecule has 0 spiro atoms. The van der Waals surface area contributed by atoms with Gasteiger partial charge in [0.1, 0.15) is 6.04 Å². The van der Waals surface area contributed by atoms with E-state index in [1.165, 1.54) is 11.9 Å². The maximum atomic E-state index is 12.4. The van der Waals surface area contributed by atoms with Gasteiger partial charge in [-0.2, -0.15) is 13.2 Å². The van der Waals surface area contributed by atoms with E-state index in [-0.39, 0.29) is 19.6 Å². The molecule has 0 radical (unpaired) electrons. The third-order valence-electron chi connectivity index (χ3n) is 2.09. The fraction of sp³-hybridized carbons (Fsp3) is 0.857. The second-order valence-electron chi connectivity index (χ2n) is 3.09. The lowest BCUT2D eigenvalue weighted by Crippen LogP contribution is -2.48. The van der Waals surface area contributed by atoms with E-state index in [0.29, 0.717) is 5.71 Å². The van der Waals surface area contributed by atoms with E-state index < -0.39 is 12.2 Å². The minimum Gasteiger partial charge on any atom is -0.326 e. The van der Waals surface area contributed by atoms with Crippen LogP contribution in [0.4, 0.5) is 13.2 Å². The molecule has 0 aromatic rings. The molecule has 1 heterocycles. The van der Waals surface area contributed by atoms with Crippen molar-refractivity contribution >= 4 is 5.71 Å². The molecule has 1 aliphatic heterocycles. The van der Waals surface area contributed by atoms with Crippen molar-refractivity contribution in [3.63, 3.8) is 0 Å². The number of alkyl halides is 3. The van der Waals surface area contributed by atoms with E-state index >= 15 is 0 Å². The van der Waals surface area contributed by atoms with Gasteiger partial charge in [-0.3, -0.25) is 9.89 Å². The van der Waals surface area contributed by atoms with Gasteiger partial charge in [0.05, 0.1) is 6.67 Å². The maximum absolute atomic E-state index is 12.4. The van der Waals surface area contributed by atoms with E-state index in [1.54, 1.807) is 0 Å². The lowest BCUT2D eigenvalue weighted by molar-refractivity contribution is -0.179. The van der Waals surface area contributed by atoms with Crippen molar-refractivity contribution in [1.82, 2.24) is 4.90 Å². The third kappa shape index (κ3) is 2.41. The van der Waals surface area contributed by atoms with Gasteiger partial charge in [-0.15, -0.1) is 0 Å². The minimum absolute atomic E-state index is 0.0801. The van der Waals surface area contributed by atoms with E-state index in [0.717, 1.165) is 0 Å². The Kier molecular flexibility index (Phi) is 2.92. The summed E-state index contributed by atoms with van der Waals surface area (Å²) in [5, 5.41) is 0. The molecule has 1 unspecified atom stereocenters. The molecule has 76 valence electrons. The lowest BCUT2D eigenvalue weighted by atomic mass is 10.1.